The van der Waals surface area contributed by atoms with Crippen LogP contribution in [-0.4, -0.2) is 24.3 Å². The smallest absolute Gasteiger partial charge is 0.381 e. The van der Waals surface area contributed by atoms with Crippen molar-refractivity contribution in [1.29, 1.82) is 0 Å². The number of nitrogens with one attached hydrogen (secondary N) is 2. The molecule has 94 valence electrons. The summed E-state index contributed by atoms with van der Waals surface area (Å²) in [5, 5.41) is 13.0. The Morgan fingerprint density at radius 2 is 2.06 bits per heavy atom. The Balaban J connectivity index is 2.69. The molecule has 7 heteroatoms. The molecular weight excluding hydrogens is 237 g/mol. The van der Waals surface area contributed by atoms with Gasteiger partial charge >= 0.3 is 6.18 Å². The molecule has 0 unspecified atom stereocenters. The highest BCUT2D eigenvalue weighted by molar-refractivity contribution is 5.92. The molecule has 1 aromatic carbocycles. The number of alkyl halides is 3. The number of hydrogen-bond donors (Lipinski definition) is 3. The molecule has 0 aliphatic heterocycles. The number of carbonyl (C=O) groups excluding carboxylic acids is 1. The standard InChI is InChI=1S/C10H11F3N2O2/c11-10(12,13)7-2-1-3-8(4-7)15-9(17)5-14-6-16/h1-4,14,16H,5-6H2,(H,15,17). The van der Waals surface area contributed by atoms with Crippen molar-refractivity contribution in [2.45, 2.75) is 6.18 Å². The van der Waals surface area contributed by atoms with Crippen LogP contribution in [0.2, 0.25) is 0 Å². The van der Waals surface area contributed by atoms with Crippen molar-refractivity contribution >= 4 is 11.6 Å². The minimum absolute atomic E-state index is 0.0598. The fourth-order valence-electron chi connectivity index (χ4n) is 1.15. The predicted molar refractivity (Wildman–Crippen MR) is 55.2 cm³/mol. The first-order valence-corrected chi connectivity index (χ1v) is 4.72. The van der Waals surface area contributed by atoms with Crippen LogP contribution in [0.3, 0.4) is 0 Å². The van der Waals surface area contributed by atoms with E-state index in [2.05, 4.69) is 10.6 Å². The lowest BCUT2D eigenvalue weighted by atomic mass is 10.2. The number of rotatable bonds is 4. The van der Waals surface area contributed by atoms with Crippen LogP contribution in [-0.2, 0) is 11.0 Å². The summed E-state index contributed by atoms with van der Waals surface area (Å²) in [6.07, 6.45) is -4.44. The number of halogens is 3. The van der Waals surface area contributed by atoms with Crippen molar-refractivity contribution in [2.75, 3.05) is 18.6 Å². The molecule has 17 heavy (non-hydrogen) atoms. The van der Waals surface area contributed by atoms with Crippen LogP contribution in [0.15, 0.2) is 24.3 Å². The first-order valence-electron chi connectivity index (χ1n) is 4.72. The van der Waals surface area contributed by atoms with Gasteiger partial charge in [-0.15, -0.1) is 0 Å². The van der Waals surface area contributed by atoms with Gasteiger partial charge in [-0.2, -0.15) is 13.2 Å². The van der Waals surface area contributed by atoms with Gasteiger partial charge in [-0.3, -0.25) is 10.1 Å². The molecule has 0 spiro atoms. The third-order valence-corrected chi connectivity index (χ3v) is 1.87. The summed E-state index contributed by atoms with van der Waals surface area (Å²) in [7, 11) is 0. The first kappa shape index (κ1) is 13.5. The van der Waals surface area contributed by atoms with Crippen LogP contribution in [0.25, 0.3) is 0 Å². The summed E-state index contributed by atoms with van der Waals surface area (Å²) in [4.78, 5) is 11.2. The van der Waals surface area contributed by atoms with Gasteiger partial charge in [0.15, 0.2) is 0 Å². The molecule has 0 saturated heterocycles. The number of aliphatic hydroxyl groups excluding tert-OH is 1. The molecule has 3 N–H and O–H groups in total. The lowest BCUT2D eigenvalue weighted by molar-refractivity contribution is -0.137. The number of aliphatic hydroxyl groups is 1. The van der Waals surface area contributed by atoms with Crippen LogP contribution >= 0.6 is 0 Å². The van der Waals surface area contributed by atoms with Gasteiger partial charge in [0.1, 0.15) is 0 Å². The Kier molecular flexibility index (Phi) is 4.47. The Hall–Kier alpha value is -1.60. The van der Waals surface area contributed by atoms with Crippen LogP contribution < -0.4 is 10.6 Å². The number of carbonyl (C=O) groups is 1. The van der Waals surface area contributed by atoms with E-state index in [0.29, 0.717) is 0 Å². The molecule has 0 aromatic heterocycles. The molecular formula is C10H11F3N2O2. The zero-order valence-corrected chi connectivity index (χ0v) is 8.71. The van der Waals surface area contributed by atoms with E-state index in [1.807, 2.05) is 0 Å². The average Bonchev–Trinajstić information content (AvgIpc) is 2.25. The summed E-state index contributed by atoms with van der Waals surface area (Å²) in [6, 6.07) is 4.32. The van der Waals surface area contributed by atoms with E-state index in [0.717, 1.165) is 12.1 Å². The minimum atomic E-state index is -4.44. The molecule has 0 heterocycles. The lowest BCUT2D eigenvalue weighted by Crippen LogP contribution is -2.28. The van der Waals surface area contributed by atoms with E-state index >= 15 is 0 Å². The molecule has 0 bridgehead atoms. The fourth-order valence-corrected chi connectivity index (χ4v) is 1.15. The second-order valence-corrected chi connectivity index (χ2v) is 3.21. The highest BCUT2D eigenvalue weighted by Gasteiger charge is 2.30. The highest BCUT2D eigenvalue weighted by atomic mass is 19.4. The number of anilines is 1. The van der Waals surface area contributed by atoms with E-state index in [4.69, 9.17) is 5.11 Å². The topological polar surface area (TPSA) is 61.4 Å². The maximum Gasteiger partial charge on any atom is 0.416 e. The van der Waals surface area contributed by atoms with Gasteiger partial charge in [-0.25, -0.2) is 0 Å². The largest absolute Gasteiger partial charge is 0.416 e. The zero-order chi connectivity index (χ0) is 12.9. The SMILES string of the molecule is O=C(CNCO)Nc1cccc(C(F)(F)F)c1. The molecule has 0 atom stereocenters. The Labute approximate surface area is 95.4 Å². The second kappa shape index (κ2) is 5.65. The van der Waals surface area contributed by atoms with Gasteiger partial charge in [0.25, 0.3) is 0 Å². The third kappa shape index (κ3) is 4.41. The number of benzene rings is 1. The Morgan fingerprint density at radius 1 is 1.35 bits per heavy atom. The van der Waals surface area contributed by atoms with Crippen molar-refractivity contribution in [3.63, 3.8) is 0 Å². The molecule has 1 rings (SSSR count). The molecule has 0 radical (unpaired) electrons. The Morgan fingerprint density at radius 3 is 2.65 bits per heavy atom. The highest BCUT2D eigenvalue weighted by Crippen LogP contribution is 2.30. The predicted octanol–water partition coefficient (Wildman–Crippen LogP) is 1.18. The van der Waals surface area contributed by atoms with Gasteiger partial charge in [0.05, 0.1) is 18.8 Å². The number of amides is 1. The maximum absolute atomic E-state index is 12.3. The van der Waals surface area contributed by atoms with E-state index in [9.17, 15) is 18.0 Å². The van der Waals surface area contributed by atoms with Gasteiger partial charge in [-0.05, 0) is 18.2 Å². The Bertz CT molecular complexity index is 393. The van der Waals surface area contributed by atoms with Crippen molar-refractivity contribution in [3.8, 4) is 0 Å². The second-order valence-electron chi connectivity index (χ2n) is 3.21. The number of hydrogen-bond acceptors (Lipinski definition) is 3. The van der Waals surface area contributed by atoms with Gasteiger partial charge in [0.2, 0.25) is 5.91 Å². The summed E-state index contributed by atoms with van der Waals surface area (Å²) >= 11 is 0. The molecule has 4 nitrogen and oxygen atoms in total. The van der Waals surface area contributed by atoms with Gasteiger partial charge < -0.3 is 10.4 Å². The van der Waals surface area contributed by atoms with Crippen LogP contribution in [0.1, 0.15) is 5.56 Å². The summed E-state index contributed by atoms with van der Waals surface area (Å²) < 4.78 is 37.0. The maximum atomic E-state index is 12.3. The van der Waals surface area contributed by atoms with Crippen molar-refractivity contribution in [3.05, 3.63) is 29.8 Å². The van der Waals surface area contributed by atoms with E-state index < -0.39 is 17.6 Å². The average molecular weight is 248 g/mol. The lowest BCUT2D eigenvalue weighted by Gasteiger charge is -2.09. The molecule has 0 aliphatic carbocycles. The quantitative estimate of drug-likeness (QED) is 0.701. The van der Waals surface area contributed by atoms with Crippen molar-refractivity contribution in [1.82, 2.24) is 5.32 Å². The molecule has 0 fully saturated rings. The van der Waals surface area contributed by atoms with Crippen molar-refractivity contribution in [2.24, 2.45) is 0 Å². The van der Waals surface area contributed by atoms with Crippen LogP contribution in [0, 0.1) is 0 Å². The van der Waals surface area contributed by atoms with E-state index in [-0.39, 0.29) is 19.0 Å². The fraction of sp³-hybridized carbons (Fsp3) is 0.300. The van der Waals surface area contributed by atoms with E-state index in [1.165, 1.54) is 12.1 Å². The summed E-state index contributed by atoms with van der Waals surface area (Å²) in [5.41, 5.74) is -0.769. The third-order valence-electron chi connectivity index (χ3n) is 1.87. The van der Waals surface area contributed by atoms with Crippen LogP contribution in [0.5, 0.6) is 0 Å². The van der Waals surface area contributed by atoms with Crippen molar-refractivity contribution < 1.29 is 23.1 Å². The monoisotopic (exact) mass is 248 g/mol. The molecule has 1 aromatic rings. The summed E-state index contributed by atoms with van der Waals surface area (Å²) in [6.45, 7) is -0.553. The minimum Gasteiger partial charge on any atom is -0.381 e. The van der Waals surface area contributed by atoms with Crippen LogP contribution in [0.4, 0.5) is 18.9 Å². The first-order chi connectivity index (χ1) is 7.93. The van der Waals surface area contributed by atoms with Gasteiger partial charge in [-0.1, -0.05) is 6.07 Å². The molecule has 0 aliphatic rings. The zero-order valence-electron chi connectivity index (χ0n) is 8.71. The molecule has 1 amide bonds. The van der Waals surface area contributed by atoms with E-state index in [1.54, 1.807) is 0 Å². The van der Waals surface area contributed by atoms with Gasteiger partial charge in [0, 0.05) is 5.69 Å². The normalized spacial score (nSPS) is 11.3. The summed E-state index contributed by atoms with van der Waals surface area (Å²) in [5.74, 6) is -0.529. The molecule has 0 saturated carbocycles.